The molecule has 0 radical (unpaired) electrons. The zero-order chi connectivity index (χ0) is 9.10. The van der Waals surface area contributed by atoms with Gasteiger partial charge in [0.05, 0.1) is 0 Å². The lowest BCUT2D eigenvalue weighted by Crippen LogP contribution is -1.97. The van der Waals surface area contributed by atoms with Crippen molar-refractivity contribution in [2.45, 2.75) is 44.9 Å². The lowest BCUT2D eigenvalue weighted by molar-refractivity contribution is -0.116. The minimum Gasteiger partial charge on any atom is -0.295 e. The number of carbonyl (C=O) groups excluding carboxylic acids is 1. The number of carbonyl (C=O) groups is 1. The molecule has 0 spiro atoms. The van der Waals surface area contributed by atoms with Crippen molar-refractivity contribution in [3.05, 3.63) is 12.2 Å². The summed E-state index contributed by atoms with van der Waals surface area (Å²) in [7, 11) is 0. The van der Waals surface area contributed by atoms with Gasteiger partial charge in [-0.25, -0.2) is 0 Å². The highest BCUT2D eigenvalue weighted by molar-refractivity contribution is 5.93. The molecule has 0 aromatic heterocycles. The molecule has 13 heavy (non-hydrogen) atoms. The molecule has 0 amide bonds. The second kappa shape index (κ2) is 4.08. The Morgan fingerprint density at radius 1 is 1.15 bits per heavy atom. The van der Waals surface area contributed by atoms with Gasteiger partial charge in [0.25, 0.3) is 0 Å². The molecule has 72 valence electrons. The van der Waals surface area contributed by atoms with Gasteiger partial charge < -0.3 is 0 Å². The Balaban J connectivity index is 1.90. The molecule has 1 fully saturated rings. The van der Waals surface area contributed by atoms with Crippen molar-refractivity contribution in [1.29, 1.82) is 0 Å². The van der Waals surface area contributed by atoms with E-state index < -0.39 is 0 Å². The van der Waals surface area contributed by atoms with E-state index in [1.807, 2.05) is 6.08 Å². The Hall–Kier alpha value is -0.590. The summed E-state index contributed by atoms with van der Waals surface area (Å²) < 4.78 is 0. The smallest absolute Gasteiger partial charge is 0.158 e. The summed E-state index contributed by atoms with van der Waals surface area (Å²) in [5.41, 5.74) is 0. The van der Waals surface area contributed by atoms with Crippen LogP contribution in [0, 0.1) is 11.8 Å². The largest absolute Gasteiger partial charge is 0.295 e. The summed E-state index contributed by atoms with van der Waals surface area (Å²) in [6.45, 7) is 0. The van der Waals surface area contributed by atoms with Crippen molar-refractivity contribution >= 4 is 5.78 Å². The molecular weight excluding hydrogens is 160 g/mol. The van der Waals surface area contributed by atoms with Crippen molar-refractivity contribution in [3.63, 3.8) is 0 Å². The molecule has 0 heterocycles. The van der Waals surface area contributed by atoms with Gasteiger partial charge in [-0.1, -0.05) is 25.3 Å². The van der Waals surface area contributed by atoms with Gasteiger partial charge in [0, 0.05) is 5.92 Å². The quantitative estimate of drug-likeness (QED) is 0.557. The van der Waals surface area contributed by atoms with Crippen LogP contribution in [0.4, 0.5) is 0 Å². The maximum Gasteiger partial charge on any atom is 0.158 e. The molecule has 0 unspecified atom stereocenters. The highest BCUT2D eigenvalue weighted by Crippen LogP contribution is 2.43. The van der Waals surface area contributed by atoms with E-state index in [1.165, 1.54) is 38.5 Å². The van der Waals surface area contributed by atoms with Crippen LogP contribution in [0.3, 0.4) is 0 Å². The molecule has 1 saturated carbocycles. The van der Waals surface area contributed by atoms with Crippen LogP contribution in [0.1, 0.15) is 44.9 Å². The first-order valence-electron chi connectivity index (χ1n) is 5.58. The lowest BCUT2D eigenvalue weighted by atomic mass is 10.1. The number of allylic oxidation sites excluding steroid dienone is 2. The SMILES string of the molecule is O=C1/C=C\CCCCCC[C@@H]2C[C@H]12. The zero-order valence-corrected chi connectivity index (χ0v) is 8.17. The molecule has 0 N–H and O–H groups in total. The third-order valence-electron chi connectivity index (χ3n) is 3.27. The molecule has 2 atom stereocenters. The van der Waals surface area contributed by atoms with E-state index >= 15 is 0 Å². The Kier molecular flexibility index (Phi) is 2.82. The summed E-state index contributed by atoms with van der Waals surface area (Å²) >= 11 is 0. The predicted octanol–water partition coefficient (Wildman–Crippen LogP) is 3.10. The van der Waals surface area contributed by atoms with Crippen LogP contribution in [-0.4, -0.2) is 5.78 Å². The highest BCUT2D eigenvalue weighted by Gasteiger charge is 2.40. The normalized spacial score (nSPS) is 37.4. The van der Waals surface area contributed by atoms with Gasteiger partial charge in [-0.3, -0.25) is 4.79 Å². The van der Waals surface area contributed by atoms with E-state index in [-0.39, 0.29) is 0 Å². The molecular formula is C12H18O. The Labute approximate surface area is 80.2 Å². The first-order chi connectivity index (χ1) is 6.38. The van der Waals surface area contributed by atoms with E-state index in [1.54, 1.807) is 0 Å². The minimum atomic E-state index is 0.395. The number of hydrogen-bond acceptors (Lipinski definition) is 1. The van der Waals surface area contributed by atoms with Crippen LogP contribution in [0.15, 0.2) is 12.2 Å². The second-order valence-corrected chi connectivity index (χ2v) is 4.40. The first-order valence-corrected chi connectivity index (χ1v) is 5.58. The summed E-state index contributed by atoms with van der Waals surface area (Å²) in [5, 5.41) is 0. The molecule has 2 rings (SSSR count). The van der Waals surface area contributed by atoms with Crippen molar-refractivity contribution in [3.8, 4) is 0 Å². The molecule has 1 heteroatoms. The summed E-state index contributed by atoms with van der Waals surface area (Å²) in [4.78, 5) is 11.5. The average Bonchev–Trinajstić information content (AvgIpc) is 2.87. The molecule has 0 aliphatic heterocycles. The maximum absolute atomic E-state index is 11.5. The summed E-state index contributed by atoms with van der Waals surface area (Å²) in [6.07, 6.45) is 12.8. The van der Waals surface area contributed by atoms with Gasteiger partial charge in [0.2, 0.25) is 0 Å². The predicted molar refractivity (Wildman–Crippen MR) is 53.4 cm³/mol. The Bertz CT molecular complexity index is 217. The molecule has 1 nitrogen and oxygen atoms in total. The highest BCUT2D eigenvalue weighted by atomic mass is 16.1. The molecule has 2 aliphatic carbocycles. The van der Waals surface area contributed by atoms with Crippen LogP contribution in [0.25, 0.3) is 0 Å². The zero-order valence-electron chi connectivity index (χ0n) is 8.17. The third kappa shape index (κ3) is 2.43. The number of hydrogen-bond donors (Lipinski definition) is 0. The molecule has 0 saturated heterocycles. The van der Waals surface area contributed by atoms with Crippen LogP contribution in [0.2, 0.25) is 0 Å². The third-order valence-corrected chi connectivity index (χ3v) is 3.27. The number of ketones is 1. The van der Waals surface area contributed by atoms with Gasteiger partial charge in [0.15, 0.2) is 5.78 Å². The summed E-state index contributed by atoms with van der Waals surface area (Å²) in [6, 6.07) is 0. The lowest BCUT2D eigenvalue weighted by Gasteiger charge is -1.97. The fourth-order valence-corrected chi connectivity index (χ4v) is 2.26. The van der Waals surface area contributed by atoms with Gasteiger partial charge in [0.1, 0.15) is 0 Å². The molecule has 0 bridgehead atoms. The van der Waals surface area contributed by atoms with Crippen molar-refractivity contribution < 1.29 is 4.79 Å². The molecule has 0 aromatic rings. The van der Waals surface area contributed by atoms with Crippen LogP contribution >= 0.6 is 0 Å². The summed E-state index contributed by atoms with van der Waals surface area (Å²) in [5.74, 6) is 1.55. The fourth-order valence-electron chi connectivity index (χ4n) is 2.26. The van der Waals surface area contributed by atoms with Crippen molar-refractivity contribution in [2.75, 3.05) is 0 Å². The minimum absolute atomic E-state index is 0.395. The van der Waals surface area contributed by atoms with Gasteiger partial charge in [-0.15, -0.1) is 0 Å². The number of fused-ring (bicyclic) bond motifs is 1. The van der Waals surface area contributed by atoms with Gasteiger partial charge in [-0.05, 0) is 37.7 Å². The molecule has 0 aromatic carbocycles. The van der Waals surface area contributed by atoms with Crippen LogP contribution < -0.4 is 0 Å². The topological polar surface area (TPSA) is 17.1 Å². The number of rotatable bonds is 0. The van der Waals surface area contributed by atoms with Crippen LogP contribution in [-0.2, 0) is 4.79 Å². The van der Waals surface area contributed by atoms with Crippen molar-refractivity contribution in [1.82, 2.24) is 0 Å². The maximum atomic E-state index is 11.5. The molecule has 2 aliphatic rings. The van der Waals surface area contributed by atoms with E-state index in [4.69, 9.17) is 0 Å². The van der Waals surface area contributed by atoms with Crippen molar-refractivity contribution in [2.24, 2.45) is 11.8 Å². The van der Waals surface area contributed by atoms with E-state index in [0.717, 1.165) is 12.3 Å². The first kappa shape index (κ1) is 8.98. The second-order valence-electron chi connectivity index (χ2n) is 4.40. The fraction of sp³-hybridized carbons (Fsp3) is 0.750. The Morgan fingerprint density at radius 2 is 2.00 bits per heavy atom. The monoisotopic (exact) mass is 178 g/mol. The van der Waals surface area contributed by atoms with E-state index in [0.29, 0.717) is 11.7 Å². The van der Waals surface area contributed by atoms with Gasteiger partial charge in [-0.2, -0.15) is 0 Å². The van der Waals surface area contributed by atoms with E-state index in [2.05, 4.69) is 6.08 Å². The standard InChI is InChI=1S/C12H18O/c13-12-8-6-4-2-1-3-5-7-10-9-11(10)12/h6,8,10-11H,1-5,7,9H2/b8-6-/t10-,11+/m1/s1. The van der Waals surface area contributed by atoms with Gasteiger partial charge >= 0.3 is 0 Å². The van der Waals surface area contributed by atoms with E-state index in [9.17, 15) is 4.79 Å². The Morgan fingerprint density at radius 3 is 2.92 bits per heavy atom. The average molecular weight is 178 g/mol. The van der Waals surface area contributed by atoms with Crippen LogP contribution in [0.5, 0.6) is 0 Å².